The van der Waals surface area contributed by atoms with Crippen LogP contribution in [0.1, 0.15) is 29.8 Å². The second-order valence-corrected chi connectivity index (χ2v) is 3.80. The highest BCUT2D eigenvalue weighted by molar-refractivity contribution is 5.94. The zero-order valence-electron chi connectivity index (χ0n) is 13.1. The van der Waals surface area contributed by atoms with E-state index in [-0.39, 0.29) is 5.91 Å². The van der Waals surface area contributed by atoms with E-state index in [4.69, 9.17) is 14.2 Å². The number of methoxy groups -OCH3 is 3. The largest absolute Gasteiger partial charge is 0.496 e. The molecule has 0 atom stereocenters. The Balaban J connectivity index is 0.00000172. The highest BCUT2D eigenvalue weighted by atomic mass is 16.7. The van der Waals surface area contributed by atoms with Gasteiger partial charge in [0.15, 0.2) is 6.29 Å². The number of ether oxygens (including phenoxy) is 3. The first-order valence-electron chi connectivity index (χ1n) is 6.60. The lowest BCUT2D eigenvalue weighted by molar-refractivity contribution is -0.0974. The average Bonchev–Trinajstić information content (AvgIpc) is 2.50. The van der Waals surface area contributed by atoms with E-state index in [1.165, 1.54) is 14.2 Å². The van der Waals surface area contributed by atoms with Crippen LogP contribution in [0.15, 0.2) is 18.2 Å². The van der Waals surface area contributed by atoms with Gasteiger partial charge in [-0.1, -0.05) is 19.9 Å². The Kier molecular flexibility index (Phi) is 9.41. The highest BCUT2D eigenvalue weighted by Gasteiger charge is 2.11. The summed E-state index contributed by atoms with van der Waals surface area (Å²) in [7, 11) is 4.63. The molecule has 20 heavy (non-hydrogen) atoms. The monoisotopic (exact) mass is 283 g/mol. The zero-order valence-corrected chi connectivity index (χ0v) is 13.1. The fraction of sp³-hybridized carbons (Fsp3) is 0.533. The van der Waals surface area contributed by atoms with E-state index in [1.54, 1.807) is 19.2 Å². The van der Waals surface area contributed by atoms with Gasteiger partial charge in [-0.3, -0.25) is 4.79 Å². The van der Waals surface area contributed by atoms with Gasteiger partial charge in [-0.05, 0) is 24.6 Å². The van der Waals surface area contributed by atoms with Gasteiger partial charge in [-0.2, -0.15) is 0 Å². The lowest BCUT2D eigenvalue weighted by atomic mass is 10.1. The number of amides is 1. The number of carbonyl (C=O) groups excluding carboxylic acids is 1. The number of nitrogens with one attached hydrogen (secondary N) is 1. The molecule has 1 rings (SSSR count). The Hall–Kier alpha value is -1.59. The molecule has 0 spiro atoms. The van der Waals surface area contributed by atoms with Crippen LogP contribution in [-0.4, -0.2) is 40.1 Å². The van der Waals surface area contributed by atoms with Crippen LogP contribution < -0.4 is 10.1 Å². The smallest absolute Gasteiger partial charge is 0.251 e. The summed E-state index contributed by atoms with van der Waals surface area (Å²) in [6.45, 7) is 6.22. The molecule has 0 radical (unpaired) electrons. The Morgan fingerprint density at radius 3 is 2.30 bits per heavy atom. The molecule has 0 fully saturated rings. The zero-order chi connectivity index (χ0) is 15.5. The molecule has 0 heterocycles. The van der Waals surface area contributed by atoms with Crippen molar-refractivity contribution in [1.29, 1.82) is 0 Å². The van der Waals surface area contributed by atoms with Crippen molar-refractivity contribution in [2.45, 2.75) is 27.1 Å². The van der Waals surface area contributed by atoms with Crippen LogP contribution in [0, 0.1) is 6.92 Å². The summed E-state index contributed by atoms with van der Waals surface area (Å²) in [4.78, 5) is 11.9. The van der Waals surface area contributed by atoms with Crippen LogP contribution in [0.25, 0.3) is 0 Å². The van der Waals surface area contributed by atoms with Crippen molar-refractivity contribution in [3.63, 3.8) is 0 Å². The summed E-state index contributed by atoms with van der Waals surface area (Å²) in [5.41, 5.74) is 1.53. The molecule has 0 saturated carbocycles. The fourth-order valence-corrected chi connectivity index (χ4v) is 1.50. The predicted octanol–water partition coefficient (Wildman–Crippen LogP) is 2.38. The minimum atomic E-state index is -0.443. The number of aryl methyl sites for hydroxylation is 1. The summed E-state index contributed by atoms with van der Waals surface area (Å²) in [5, 5.41) is 2.73. The molecule has 1 aromatic carbocycles. The summed E-state index contributed by atoms with van der Waals surface area (Å²) >= 11 is 0. The van der Waals surface area contributed by atoms with Gasteiger partial charge in [0.1, 0.15) is 5.75 Å². The molecule has 1 aromatic rings. The SMILES string of the molecule is CC.COc1cc(C(=O)NCC(OC)OC)ccc1C. The molecule has 0 aliphatic heterocycles. The summed E-state index contributed by atoms with van der Waals surface area (Å²) in [6.07, 6.45) is -0.443. The topological polar surface area (TPSA) is 56.8 Å². The Morgan fingerprint density at radius 1 is 1.20 bits per heavy atom. The average molecular weight is 283 g/mol. The highest BCUT2D eigenvalue weighted by Crippen LogP contribution is 2.18. The van der Waals surface area contributed by atoms with E-state index in [2.05, 4.69) is 5.32 Å². The maximum absolute atomic E-state index is 11.9. The van der Waals surface area contributed by atoms with Gasteiger partial charge in [-0.25, -0.2) is 0 Å². The molecule has 0 aliphatic carbocycles. The Labute approximate surface area is 121 Å². The maximum atomic E-state index is 11.9. The fourth-order valence-electron chi connectivity index (χ4n) is 1.50. The molecule has 5 nitrogen and oxygen atoms in total. The molecule has 0 aromatic heterocycles. The van der Waals surface area contributed by atoms with E-state index in [9.17, 15) is 4.79 Å². The maximum Gasteiger partial charge on any atom is 0.251 e. The van der Waals surface area contributed by atoms with Crippen LogP contribution in [0.5, 0.6) is 5.75 Å². The lowest BCUT2D eigenvalue weighted by Gasteiger charge is -2.14. The number of hydrogen-bond donors (Lipinski definition) is 1. The number of benzene rings is 1. The summed E-state index contributed by atoms with van der Waals surface area (Å²) in [6, 6.07) is 5.30. The molecular formula is C15H25NO4. The summed E-state index contributed by atoms with van der Waals surface area (Å²) < 4.78 is 15.2. The first-order valence-corrected chi connectivity index (χ1v) is 6.60. The van der Waals surface area contributed by atoms with Gasteiger partial charge >= 0.3 is 0 Å². The Morgan fingerprint density at radius 2 is 1.80 bits per heavy atom. The van der Waals surface area contributed by atoms with Gasteiger partial charge in [-0.15, -0.1) is 0 Å². The van der Waals surface area contributed by atoms with E-state index in [0.29, 0.717) is 17.9 Å². The quantitative estimate of drug-likeness (QED) is 0.814. The molecule has 0 bridgehead atoms. The molecular weight excluding hydrogens is 258 g/mol. The van der Waals surface area contributed by atoms with E-state index >= 15 is 0 Å². The van der Waals surface area contributed by atoms with E-state index in [0.717, 1.165) is 5.56 Å². The number of rotatable bonds is 6. The van der Waals surface area contributed by atoms with Gasteiger partial charge in [0.25, 0.3) is 5.91 Å². The number of hydrogen-bond acceptors (Lipinski definition) is 4. The van der Waals surface area contributed by atoms with Gasteiger partial charge in [0.05, 0.1) is 13.7 Å². The molecule has 1 amide bonds. The van der Waals surface area contributed by atoms with Crippen molar-refractivity contribution < 1.29 is 19.0 Å². The molecule has 0 unspecified atom stereocenters. The minimum Gasteiger partial charge on any atom is -0.496 e. The van der Waals surface area contributed by atoms with Crippen molar-refractivity contribution in [2.24, 2.45) is 0 Å². The normalized spacial score (nSPS) is 9.75. The van der Waals surface area contributed by atoms with E-state index in [1.807, 2.05) is 26.8 Å². The standard InChI is InChI=1S/C13H19NO4.C2H6/c1-9-5-6-10(7-11(9)16-2)13(15)14-8-12(17-3)18-4;1-2/h5-7,12H,8H2,1-4H3,(H,14,15);1-2H3. The first kappa shape index (κ1) is 18.4. The predicted molar refractivity (Wildman–Crippen MR) is 79.2 cm³/mol. The molecule has 114 valence electrons. The van der Waals surface area contributed by atoms with Crippen molar-refractivity contribution in [2.75, 3.05) is 27.9 Å². The minimum absolute atomic E-state index is 0.188. The second-order valence-electron chi connectivity index (χ2n) is 3.80. The third kappa shape index (κ3) is 5.59. The molecule has 5 heteroatoms. The van der Waals surface area contributed by atoms with Crippen LogP contribution in [-0.2, 0) is 9.47 Å². The van der Waals surface area contributed by atoms with Crippen molar-refractivity contribution in [3.05, 3.63) is 29.3 Å². The Bertz CT molecular complexity index is 403. The molecule has 0 saturated heterocycles. The molecule has 1 N–H and O–H groups in total. The van der Waals surface area contributed by atoms with Crippen molar-refractivity contribution >= 4 is 5.91 Å². The van der Waals surface area contributed by atoms with Crippen molar-refractivity contribution in [1.82, 2.24) is 5.32 Å². The van der Waals surface area contributed by atoms with Gasteiger partial charge < -0.3 is 19.5 Å². The van der Waals surface area contributed by atoms with Crippen LogP contribution in [0.4, 0.5) is 0 Å². The van der Waals surface area contributed by atoms with Crippen LogP contribution in [0.2, 0.25) is 0 Å². The van der Waals surface area contributed by atoms with Crippen LogP contribution >= 0.6 is 0 Å². The number of carbonyl (C=O) groups is 1. The third-order valence-corrected chi connectivity index (χ3v) is 2.63. The van der Waals surface area contributed by atoms with Gasteiger partial charge in [0.2, 0.25) is 0 Å². The lowest BCUT2D eigenvalue weighted by Crippen LogP contribution is -2.34. The van der Waals surface area contributed by atoms with Crippen LogP contribution in [0.3, 0.4) is 0 Å². The van der Waals surface area contributed by atoms with Crippen molar-refractivity contribution in [3.8, 4) is 5.75 Å². The second kappa shape index (κ2) is 10.2. The molecule has 0 aliphatic rings. The van der Waals surface area contributed by atoms with Gasteiger partial charge in [0, 0.05) is 19.8 Å². The first-order chi connectivity index (χ1) is 9.62. The van der Waals surface area contributed by atoms with E-state index < -0.39 is 6.29 Å². The summed E-state index contributed by atoms with van der Waals surface area (Å²) in [5.74, 6) is 0.505. The third-order valence-electron chi connectivity index (χ3n) is 2.63.